The van der Waals surface area contributed by atoms with Crippen LogP contribution in [-0.4, -0.2) is 117 Å². The number of amides is 2. The number of aromatic nitrogens is 2. The number of phosphoric acid groups is 4. The molecular weight excluding hydrogens is 760 g/mol. The fourth-order valence-electron chi connectivity index (χ4n) is 4.31. The van der Waals surface area contributed by atoms with E-state index >= 15 is 0 Å². The van der Waals surface area contributed by atoms with Crippen LogP contribution >= 0.6 is 31.3 Å². The minimum atomic E-state index is -6.22. The molecule has 12 atom stereocenters. The van der Waals surface area contributed by atoms with Crippen molar-refractivity contribution < 1.29 is 94.5 Å². The van der Waals surface area contributed by atoms with Crippen molar-refractivity contribution >= 4 is 37.3 Å². The van der Waals surface area contributed by atoms with Gasteiger partial charge >= 0.3 is 43.0 Å². The van der Waals surface area contributed by atoms with Crippen molar-refractivity contribution in [3.63, 3.8) is 0 Å². The molecular formula is C19H28N4O22P4. The number of allylic oxidation sites excluding steroid dienone is 1. The second kappa shape index (κ2) is 14.8. The topological polar surface area (TPSA) is 382 Å². The van der Waals surface area contributed by atoms with Crippen LogP contribution in [0, 0.1) is 0 Å². The summed E-state index contributed by atoms with van der Waals surface area (Å²) in [6.07, 6.45) is -10.7. The number of nitrogens with zero attached hydrogens (tertiary/aromatic N) is 2. The lowest BCUT2D eigenvalue weighted by Gasteiger charge is -2.30. The van der Waals surface area contributed by atoms with E-state index in [0.717, 1.165) is 23.4 Å². The Bertz CT molecular complexity index is 1780. The fraction of sp³-hybridized carbons (Fsp3) is 0.526. The highest BCUT2D eigenvalue weighted by molar-refractivity contribution is 7.69. The molecule has 2 saturated heterocycles. The van der Waals surface area contributed by atoms with E-state index < -0.39 is 111 Å². The van der Waals surface area contributed by atoms with E-state index in [1.807, 2.05) is 4.98 Å². The van der Waals surface area contributed by atoms with Gasteiger partial charge in [0.1, 0.15) is 36.6 Å². The molecule has 10 N–H and O–H groups in total. The monoisotopic (exact) mass is 788 g/mol. The van der Waals surface area contributed by atoms with Gasteiger partial charge in [-0.15, -0.1) is 0 Å². The summed E-state index contributed by atoms with van der Waals surface area (Å²) >= 11 is 0. The maximum atomic E-state index is 12.3. The number of aromatic amines is 1. The van der Waals surface area contributed by atoms with Gasteiger partial charge in [-0.25, -0.2) is 27.8 Å². The van der Waals surface area contributed by atoms with Crippen LogP contribution in [0.15, 0.2) is 46.4 Å². The smallest absolute Gasteiger partial charge is 0.387 e. The number of nitrogens with one attached hydrogen (secondary N) is 2. The number of urea groups is 1. The molecule has 276 valence electrons. The van der Waals surface area contributed by atoms with Gasteiger partial charge in [-0.1, -0.05) is 6.58 Å². The van der Waals surface area contributed by atoms with E-state index in [1.54, 1.807) is 0 Å². The Morgan fingerprint density at radius 3 is 1.71 bits per heavy atom. The third-order valence-corrected chi connectivity index (χ3v) is 12.3. The van der Waals surface area contributed by atoms with Gasteiger partial charge in [0.25, 0.3) is 5.56 Å². The first-order chi connectivity index (χ1) is 22.5. The normalized spacial score (nSPS) is 33.8. The second-order valence-electron chi connectivity index (χ2n) is 10.00. The number of phosphoric ester groups is 2. The van der Waals surface area contributed by atoms with Gasteiger partial charge in [0, 0.05) is 24.2 Å². The Morgan fingerprint density at radius 2 is 1.22 bits per heavy atom. The lowest BCUT2D eigenvalue weighted by atomic mass is 10.1. The first-order valence-electron chi connectivity index (χ1n) is 13.1. The summed E-state index contributed by atoms with van der Waals surface area (Å²) in [5, 5.41) is 43.1. The molecule has 0 radical (unpaired) electrons. The van der Waals surface area contributed by atoms with E-state index in [2.05, 4.69) is 33.9 Å². The molecule has 3 aliphatic rings. The van der Waals surface area contributed by atoms with Gasteiger partial charge in [0.15, 0.2) is 12.5 Å². The van der Waals surface area contributed by atoms with Crippen LogP contribution in [0.5, 0.6) is 0 Å². The number of ether oxygens (including phenoxy) is 2. The Kier molecular flexibility index (Phi) is 11.9. The number of hydrogen-bond donors (Lipinski definition) is 10. The molecule has 4 rings (SSSR count). The van der Waals surface area contributed by atoms with Crippen LogP contribution in [-0.2, 0) is 49.7 Å². The van der Waals surface area contributed by atoms with Crippen LogP contribution in [0.3, 0.4) is 0 Å². The molecule has 8 unspecified atom stereocenters. The predicted molar refractivity (Wildman–Crippen MR) is 151 cm³/mol. The van der Waals surface area contributed by atoms with Crippen LogP contribution in [0.1, 0.15) is 6.23 Å². The number of aliphatic hydroxyl groups is 4. The Balaban J connectivity index is 1.29. The number of carbonyl (C=O) groups excluding carboxylic acids is 1. The van der Waals surface area contributed by atoms with Gasteiger partial charge < -0.3 is 54.8 Å². The average Bonchev–Trinajstić information content (AvgIpc) is 3.38. The number of H-pyrrole nitrogens is 1. The van der Waals surface area contributed by atoms with E-state index in [4.69, 9.17) is 9.47 Å². The largest absolute Gasteiger partial charge is 0.490 e. The summed E-state index contributed by atoms with van der Waals surface area (Å²) in [5.41, 5.74) is -1.69. The molecule has 0 bridgehead atoms. The van der Waals surface area contributed by atoms with E-state index in [1.165, 1.54) is 6.08 Å². The third kappa shape index (κ3) is 9.96. The minimum absolute atomic E-state index is 0.188. The maximum Gasteiger partial charge on any atom is 0.490 e. The molecule has 0 spiro atoms. The van der Waals surface area contributed by atoms with E-state index in [0.29, 0.717) is 4.57 Å². The maximum absolute atomic E-state index is 12.3. The lowest BCUT2D eigenvalue weighted by molar-refractivity contribution is -0.0645. The van der Waals surface area contributed by atoms with Gasteiger partial charge in [0.05, 0.1) is 13.2 Å². The van der Waals surface area contributed by atoms with Gasteiger partial charge in [0.2, 0.25) is 0 Å². The van der Waals surface area contributed by atoms with Crippen LogP contribution in [0.2, 0.25) is 0 Å². The molecule has 26 nitrogen and oxygen atoms in total. The molecule has 3 aliphatic heterocycles. The summed E-state index contributed by atoms with van der Waals surface area (Å²) in [5.74, 6) is 0. The molecule has 1 aromatic heterocycles. The third-order valence-electron chi connectivity index (χ3n) is 6.44. The van der Waals surface area contributed by atoms with E-state index in [9.17, 15) is 72.6 Å². The van der Waals surface area contributed by atoms with Crippen LogP contribution in [0.4, 0.5) is 4.79 Å². The summed E-state index contributed by atoms with van der Waals surface area (Å²) in [4.78, 5) is 77.1. The van der Waals surface area contributed by atoms with Crippen LogP contribution in [0.25, 0.3) is 0 Å². The molecule has 30 heteroatoms. The molecule has 0 saturated carbocycles. The summed E-state index contributed by atoms with van der Waals surface area (Å²) < 4.78 is 80.2. The zero-order valence-corrected chi connectivity index (χ0v) is 27.6. The first kappa shape index (κ1) is 39.5. The molecule has 0 aromatic carbocycles. The highest BCUT2D eigenvalue weighted by Crippen LogP contribution is 2.71. The molecule has 2 amide bonds. The molecule has 0 aliphatic carbocycles. The molecule has 2 fully saturated rings. The molecule has 1 aromatic rings. The SMILES string of the molecule is C=C1C=CN([C@H]2OC(COP(=O)(O)OP(=O)(O)OP(=O)(O)OP(=O)(O)OC[C@@H]3OC(n4ccc(=O)[nH]c4=O)[C@H](O)[C@@H]3O)C(O)C2O)C(=O)N1. The van der Waals surface area contributed by atoms with Crippen LogP contribution < -0.4 is 16.6 Å². The van der Waals surface area contributed by atoms with Gasteiger partial charge in [-0.3, -0.25) is 28.3 Å². The van der Waals surface area contributed by atoms with Gasteiger partial charge in [-0.2, -0.15) is 12.9 Å². The quantitative estimate of drug-likeness (QED) is 0.0847. The predicted octanol–water partition coefficient (Wildman–Crippen LogP) is -2.86. The van der Waals surface area contributed by atoms with Crippen molar-refractivity contribution in [3.05, 3.63) is 57.7 Å². The zero-order chi connectivity index (χ0) is 36.7. The Labute approximate surface area is 271 Å². The van der Waals surface area contributed by atoms with Crippen molar-refractivity contribution in [2.24, 2.45) is 0 Å². The highest BCUT2D eigenvalue weighted by atomic mass is 31.3. The fourth-order valence-corrected chi connectivity index (χ4v) is 9.26. The summed E-state index contributed by atoms with van der Waals surface area (Å²) in [6.45, 7) is 1.12. The van der Waals surface area contributed by atoms with Gasteiger partial charge in [-0.05, 0) is 6.08 Å². The minimum Gasteiger partial charge on any atom is -0.387 e. The number of aliphatic hydroxyl groups excluding tert-OH is 4. The number of hydrogen-bond acceptors (Lipinski definition) is 18. The molecule has 4 heterocycles. The lowest BCUT2D eigenvalue weighted by Crippen LogP contribution is -2.49. The summed E-state index contributed by atoms with van der Waals surface area (Å²) in [7, 11) is -24.0. The van der Waals surface area contributed by atoms with Crippen molar-refractivity contribution in [1.82, 2.24) is 19.8 Å². The Morgan fingerprint density at radius 1 is 0.755 bits per heavy atom. The van der Waals surface area contributed by atoms with E-state index in [-0.39, 0.29) is 5.70 Å². The standard InChI is InChI=1S/C19H28N4O22P4/c1-8-2-4-22(18(29)20-8)16-14(27)12(25)9(41-16)6-39-46(31,32)43-48(35,36)45-49(37,38)44-47(33,34)40-7-10-13(26)15(28)17(42-10)23-5-3-11(24)21-19(23)30/h2-5,9-10,12-17,25-28H,1,6-7H2,(H,20,29)(H,31,32)(H,33,34)(H,35,36)(H,37,38)(H,21,24,30)/t9?,10-,12?,13+,14?,15+,16-,17?/m0/s1. The number of carbonyl (C=O) groups is 1. The zero-order valence-electron chi connectivity index (χ0n) is 24.0. The van der Waals surface area contributed by atoms with Crippen molar-refractivity contribution in [2.45, 2.75) is 49.1 Å². The summed E-state index contributed by atoms with van der Waals surface area (Å²) in [6, 6.07) is 0.0441. The van der Waals surface area contributed by atoms with Crippen molar-refractivity contribution in [1.29, 1.82) is 0 Å². The number of rotatable bonds is 14. The second-order valence-corrected chi connectivity index (χ2v) is 16.2. The van der Waals surface area contributed by atoms with Crippen molar-refractivity contribution in [2.75, 3.05) is 13.2 Å². The first-order valence-corrected chi connectivity index (χ1v) is 19.0. The average molecular weight is 788 g/mol. The van der Waals surface area contributed by atoms with Crippen molar-refractivity contribution in [3.8, 4) is 0 Å². The highest BCUT2D eigenvalue weighted by Gasteiger charge is 2.50. The Hall–Kier alpha value is -2.25. The molecule has 49 heavy (non-hydrogen) atoms.